The molecule has 1 aromatic rings. The van der Waals surface area contributed by atoms with Gasteiger partial charge in [-0.2, -0.15) is 0 Å². The second-order valence-corrected chi connectivity index (χ2v) is 9.57. The zero-order valence-corrected chi connectivity index (χ0v) is 23.8. The predicted octanol–water partition coefficient (Wildman–Crippen LogP) is 3.45. The summed E-state index contributed by atoms with van der Waals surface area (Å²) in [6.45, 7) is 3.68. The van der Waals surface area contributed by atoms with Crippen LogP contribution >= 0.6 is 79.4 Å². The van der Waals surface area contributed by atoms with Gasteiger partial charge in [-0.3, -0.25) is 24.0 Å². The Hall–Kier alpha value is -0.750. The average molecular weight is 791 g/mol. The molecule has 2 amide bonds. The van der Waals surface area contributed by atoms with Crippen LogP contribution in [0.3, 0.4) is 0 Å². The van der Waals surface area contributed by atoms with E-state index >= 15 is 0 Å². The Balaban J connectivity index is 3.30. The molecule has 0 saturated heterocycles. The van der Waals surface area contributed by atoms with Crippen LogP contribution in [0.5, 0.6) is 0 Å². The number of amides is 2. The number of carbonyl (C=O) groups excluding carboxylic acids is 5. The van der Waals surface area contributed by atoms with E-state index in [1.54, 1.807) is 6.92 Å². The Labute approximate surface area is 224 Å². The van der Waals surface area contributed by atoms with Crippen molar-refractivity contribution >= 4 is 114 Å². The first kappa shape index (κ1) is 28.3. The first-order chi connectivity index (χ1) is 14.4. The highest BCUT2D eigenvalue weighted by molar-refractivity contribution is 14.1. The van der Waals surface area contributed by atoms with Gasteiger partial charge in [0.05, 0.1) is 30.5 Å². The van der Waals surface area contributed by atoms with Gasteiger partial charge >= 0.3 is 11.9 Å². The van der Waals surface area contributed by atoms with E-state index in [9.17, 15) is 24.0 Å². The lowest BCUT2D eigenvalue weighted by atomic mass is 10.1. The van der Waals surface area contributed by atoms with E-state index in [1.165, 1.54) is 13.8 Å². The van der Waals surface area contributed by atoms with Gasteiger partial charge in [0.2, 0.25) is 5.91 Å². The van der Waals surface area contributed by atoms with Crippen LogP contribution in [-0.2, 0) is 23.9 Å². The lowest BCUT2D eigenvalue weighted by molar-refractivity contribution is -0.155. The molecule has 1 unspecified atom stereocenters. The number of ether oxygens (including phenoxy) is 2. The summed E-state index contributed by atoms with van der Waals surface area (Å²) >= 11 is 11.4. The summed E-state index contributed by atoms with van der Waals surface area (Å²) in [4.78, 5) is 59.3. The minimum Gasteiger partial charge on any atom is -0.462 e. The van der Waals surface area contributed by atoms with Crippen LogP contribution in [0.4, 0.5) is 5.69 Å². The lowest BCUT2D eigenvalue weighted by Gasteiger charge is -2.20. The maximum atomic E-state index is 13.0. The summed E-state index contributed by atoms with van der Waals surface area (Å²) in [5.74, 6) is -2.06. The van der Waals surface area contributed by atoms with Gasteiger partial charge < -0.3 is 20.1 Å². The fourth-order valence-corrected chi connectivity index (χ4v) is 7.17. The fourth-order valence-electron chi connectivity index (χ4n) is 2.25. The largest absolute Gasteiger partial charge is 0.462 e. The number of benzene rings is 1. The zero-order valence-electron chi connectivity index (χ0n) is 16.6. The van der Waals surface area contributed by atoms with E-state index in [0.717, 1.165) is 0 Å². The molecule has 0 fully saturated rings. The molecule has 1 atom stereocenters. The standard InChI is InChI=1S/C18H18ClI3N2O7/c1-4-10(27)24-16-14(21)11(17(19)28)13(20)12(15(16)22)18(29)23-5-9(31-8(3)26)6-30-7(2)25/h9H,4-6H2,1-3H3,(H,23,29)(H,24,27). The third kappa shape index (κ3) is 8.27. The van der Waals surface area contributed by atoms with Crippen LogP contribution in [0.15, 0.2) is 0 Å². The van der Waals surface area contributed by atoms with Crippen molar-refractivity contribution in [3.8, 4) is 0 Å². The summed E-state index contributed by atoms with van der Waals surface area (Å²) < 4.78 is 11.0. The van der Waals surface area contributed by atoms with Crippen LogP contribution in [0.2, 0.25) is 0 Å². The molecule has 0 heterocycles. The van der Waals surface area contributed by atoms with Crippen LogP contribution in [0.25, 0.3) is 0 Å². The molecule has 170 valence electrons. The molecule has 0 saturated carbocycles. The van der Waals surface area contributed by atoms with Crippen molar-refractivity contribution in [1.29, 1.82) is 0 Å². The van der Waals surface area contributed by atoms with Gasteiger partial charge in [-0.15, -0.1) is 0 Å². The molecule has 0 aliphatic heterocycles. The van der Waals surface area contributed by atoms with Gasteiger partial charge in [-0.25, -0.2) is 0 Å². The van der Waals surface area contributed by atoms with E-state index in [0.29, 0.717) is 16.4 Å². The number of rotatable bonds is 9. The number of carbonyl (C=O) groups is 5. The minimum absolute atomic E-state index is 0.0938. The lowest BCUT2D eigenvalue weighted by Crippen LogP contribution is -2.38. The fraction of sp³-hybridized carbons (Fsp3) is 0.389. The molecule has 0 aromatic heterocycles. The topological polar surface area (TPSA) is 128 Å². The van der Waals surface area contributed by atoms with Crippen LogP contribution in [-0.4, -0.2) is 48.3 Å². The summed E-state index contributed by atoms with van der Waals surface area (Å²) in [5.41, 5.74) is 0.529. The molecule has 0 aliphatic carbocycles. The zero-order chi connectivity index (χ0) is 23.9. The second-order valence-electron chi connectivity index (χ2n) is 5.99. The quantitative estimate of drug-likeness (QED) is 0.223. The molecule has 0 aliphatic rings. The van der Waals surface area contributed by atoms with Crippen molar-refractivity contribution in [2.45, 2.75) is 33.3 Å². The first-order valence-electron chi connectivity index (χ1n) is 8.69. The predicted molar refractivity (Wildman–Crippen MR) is 138 cm³/mol. The van der Waals surface area contributed by atoms with E-state index in [1.807, 2.05) is 67.8 Å². The third-order valence-electron chi connectivity index (χ3n) is 3.62. The SMILES string of the molecule is CCC(=O)Nc1c(I)c(C(=O)Cl)c(I)c(C(=O)NCC(COC(C)=O)OC(C)=O)c1I. The van der Waals surface area contributed by atoms with Crippen molar-refractivity contribution in [3.63, 3.8) is 0 Å². The number of hydrogen-bond donors (Lipinski definition) is 2. The molecular weight excluding hydrogens is 772 g/mol. The Bertz CT molecular complexity index is 924. The third-order valence-corrected chi connectivity index (χ3v) is 7.05. The van der Waals surface area contributed by atoms with E-state index in [-0.39, 0.29) is 36.6 Å². The highest BCUT2D eigenvalue weighted by Crippen LogP contribution is 2.36. The first-order valence-corrected chi connectivity index (χ1v) is 12.3. The van der Waals surface area contributed by atoms with Gasteiger partial charge in [0.25, 0.3) is 11.1 Å². The van der Waals surface area contributed by atoms with E-state index < -0.39 is 29.2 Å². The van der Waals surface area contributed by atoms with Gasteiger partial charge in [-0.1, -0.05) is 6.92 Å². The molecule has 1 aromatic carbocycles. The van der Waals surface area contributed by atoms with E-state index in [4.69, 9.17) is 21.1 Å². The molecule has 9 nitrogen and oxygen atoms in total. The van der Waals surface area contributed by atoms with Crippen molar-refractivity contribution in [1.82, 2.24) is 5.32 Å². The maximum Gasteiger partial charge on any atom is 0.303 e. The van der Waals surface area contributed by atoms with Crippen molar-refractivity contribution in [2.24, 2.45) is 0 Å². The second kappa shape index (κ2) is 13.1. The molecule has 0 bridgehead atoms. The summed E-state index contributed by atoms with van der Waals surface area (Å²) in [7, 11) is 0. The monoisotopic (exact) mass is 790 g/mol. The van der Waals surface area contributed by atoms with Crippen molar-refractivity contribution in [2.75, 3.05) is 18.5 Å². The highest BCUT2D eigenvalue weighted by atomic mass is 127. The van der Waals surface area contributed by atoms with Crippen LogP contribution in [0.1, 0.15) is 47.9 Å². The Morgan fingerprint density at radius 1 is 0.968 bits per heavy atom. The molecule has 0 spiro atoms. The Kier molecular flexibility index (Phi) is 11.9. The normalized spacial score (nSPS) is 11.3. The van der Waals surface area contributed by atoms with Gasteiger partial charge in [0.15, 0.2) is 6.10 Å². The number of anilines is 1. The van der Waals surface area contributed by atoms with Crippen LogP contribution in [0, 0.1) is 10.7 Å². The summed E-state index contributed by atoms with van der Waals surface area (Å²) in [5, 5.41) is 4.52. The molecule has 13 heteroatoms. The molecule has 2 N–H and O–H groups in total. The van der Waals surface area contributed by atoms with Gasteiger partial charge in [0, 0.05) is 23.8 Å². The molecule has 1 rings (SSSR count). The smallest absolute Gasteiger partial charge is 0.303 e. The summed E-state index contributed by atoms with van der Waals surface area (Å²) in [6.07, 6.45) is -0.706. The van der Waals surface area contributed by atoms with E-state index in [2.05, 4.69) is 10.6 Å². The van der Waals surface area contributed by atoms with Crippen molar-refractivity contribution in [3.05, 3.63) is 21.8 Å². The number of hydrogen-bond acceptors (Lipinski definition) is 7. The average Bonchev–Trinajstić information content (AvgIpc) is 2.66. The highest BCUT2D eigenvalue weighted by Gasteiger charge is 2.28. The maximum absolute atomic E-state index is 13.0. The molecular formula is C18H18ClI3N2O7. The number of esters is 2. The summed E-state index contributed by atoms with van der Waals surface area (Å²) in [6, 6.07) is 0. The Morgan fingerprint density at radius 2 is 1.55 bits per heavy atom. The van der Waals surface area contributed by atoms with Crippen LogP contribution < -0.4 is 10.6 Å². The van der Waals surface area contributed by atoms with Gasteiger partial charge in [0.1, 0.15) is 6.61 Å². The molecule has 31 heavy (non-hydrogen) atoms. The van der Waals surface area contributed by atoms with Crippen molar-refractivity contribution < 1.29 is 33.4 Å². The Morgan fingerprint density at radius 3 is 2.03 bits per heavy atom. The molecule has 0 radical (unpaired) electrons. The van der Waals surface area contributed by atoms with Gasteiger partial charge in [-0.05, 0) is 79.4 Å². The number of nitrogens with one attached hydrogen (secondary N) is 2. The minimum atomic E-state index is -0.905. The number of halogens is 4.